The van der Waals surface area contributed by atoms with Crippen molar-refractivity contribution >= 4 is 27.6 Å². The number of nitrogens with zero attached hydrogens (tertiary/aromatic N) is 2. The fourth-order valence-corrected chi connectivity index (χ4v) is 7.27. The Morgan fingerprint density at radius 3 is 2.64 bits per heavy atom. The number of benzene rings is 2. The second kappa shape index (κ2) is 8.48. The maximum absolute atomic E-state index is 13.6. The van der Waals surface area contributed by atoms with E-state index in [0.29, 0.717) is 25.1 Å². The molecule has 2 heterocycles. The van der Waals surface area contributed by atoms with Crippen LogP contribution in [0.15, 0.2) is 53.4 Å². The minimum absolute atomic E-state index is 0.0129. The van der Waals surface area contributed by atoms with Gasteiger partial charge in [0.1, 0.15) is 6.04 Å². The van der Waals surface area contributed by atoms with Crippen LogP contribution >= 0.6 is 0 Å². The van der Waals surface area contributed by atoms with Gasteiger partial charge in [-0.15, -0.1) is 0 Å². The summed E-state index contributed by atoms with van der Waals surface area (Å²) in [5, 5.41) is 0. The molecule has 1 aliphatic carbocycles. The number of rotatable bonds is 4. The topological polar surface area (TPSA) is 84.0 Å². The first-order chi connectivity index (χ1) is 15.9. The van der Waals surface area contributed by atoms with Crippen molar-refractivity contribution in [2.24, 2.45) is 5.92 Å². The van der Waals surface area contributed by atoms with Crippen molar-refractivity contribution in [3.8, 4) is 0 Å². The summed E-state index contributed by atoms with van der Waals surface area (Å²) in [6, 6.07) is 13.0. The van der Waals surface area contributed by atoms with Gasteiger partial charge in [0.25, 0.3) is 15.9 Å². The molecule has 2 aromatic carbocycles. The van der Waals surface area contributed by atoms with E-state index in [2.05, 4.69) is 0 Å². The van der Waals surface area contributed by atoms with Crippen LogP contribution in [0.3, 0.4) is 0 Å². The van der Waals surface area contributed by atoms with E-state index in [-0.39, 0.29) is 28.3 Å². The summed E-state index contributed by atoms with van der Waals surface area (Å²) in [6.07, 6.45) is 5.22. The summed E-state index contributed by atoms with van der Waals surface area (Å²) in [7, 11) is -2.48. The summed E-state index contributed by atoms with van der Waals surface area (Å²) < 4.78 is 33.3. The van der Waals surface area contributed by atoms with Crippen LogP contribution in [0, 0.1) is 5.92 Å². The molecule has 2 fully saturated rings. The van der Waals surface area contributed by atoms with Crippen LogP contribution in [0.5, 0.6) is 0 Å². The van der Waals surface area contributed by atoms with Gasteiger partial charge in [-0.05, 0) is 61.4 Å². The van der Waals surface area contributed by atoms with Crippen LogP contribution in [0.2, 0.25) is 0 Å². The van der Waals surface area contributed by atoms with E-state index in [0.717, 1.165) is 31.2 Å². The van der Waals surface area contributed by atoms with Crippen molar-refractivity contribution in [3.63, 3.8) is 0 Å². The predicted octanol–water partition coefficient (Wildman–Crippen LogP) is 3.38. The van der Waals surface area contributed by atoms with Gasteiger partial charge in [0.15, 0.2) is 0 Å². The summed E-state index contributed by atoms with van der Waals surface area (Å²) in [5.41, 5.74) is 1.96. The zero-order valence-corrected chi connectivity index (χ0v) is 19.5. The van der Waals surface area contributed by atoms with Crippen LogP contribution in [-0.4, -0.2) is 50.9 Å². The fourth-order valence-electron chi connectivity index (χ4n) is 5.72. The number of hydrogen-bond acceptors (Lipinski definition) is 5. The average molecular weight is 469 g/mol. The van der Waals surface area contributed by atoms with E-state index >= 15 is 0 Å². The summed E-state index contributed by atoms with van der Waals surface area (Å²) >= 11 is 0. The molecule has 0 radical (unpaired) electrons. The lowest BCUT2D eigenvalue weighted by atomic mass is 9.84. The summed E-state index contributed by atoms with van der Waals surface area (Å²) in [5.74, 6) is -0.436. The first-order valence-electron chi connectivity index (χ1n) is 11.5. The monoisotopic (exact) mass is 468 g/mol. The van der Waals surface area contributed by atoms with E-state index in [1.807, 2.05) is 24.3 Å². The van der Waals surface area contributed by atoms with E-state index in [1.165, 1.54) is 23.5 Å². The predicted molar refractivity (Wildman–Crippen MR) is 123 cm³/mol. The van der Waals surface area contributed by atoms with Crippen LogP contribution < -0.4 is 4.31 Å². The Morgan fingerprint density at radius 2 is 1.82 bits per heavy atom. The molecule has 0 bridgehead atoms. The standard InChI is InChI=1S/C25H28N2O5S/c1-32-25(29)23-16-18-8-3-5-12-22(18)27(23)24(28)19-9-6-10-20(15-19)33(30,31)26-14-13-17-7-2-4-11-21(17)26/h2,4,6-7,9-11,15,18,22-23H,3,5,8,12-14,16H2,1H3/t18-,22-,23+/m1/s1. The third-order valence-electron chi connectivity index (χ3n) is 7.31. The smallest absolute Gasteiger partial charge is 0.328 e. The van der Waals surface area contributed by atoms with Crippen molar-refractivity contribution in [1.29, 1.82) is 0 Å². The van der Waals surface area contributed by atoms with Crippen LogP contribution in [0.25, 0.3) is 0 Å². The number of hydrogen-bond donors (Lipinski definition) is 0. The maximum atomic E-state index is 13.6. The number of methoxy groups -OCH3 is 1. The van der Waals surface area contributed by atoms with Gasteiger partial charge in [0.05, 0.1) is 17.7 Å². The molecule has 0 aromatic heterocycles. The van der Waals surface area contributed by atoms with Crippen molar-refractivity contribution in [1.82, 2.24) is 4.90 Å². The molecule has 2 aliphatic heterocycles. The zero-order valence-electron chi connectivity index (χ0n) is 18.6. The van der Waals surface area contributed by atoms with Crippen LogP contribution in [0.1, 0.15) is 48.0 Å². The molecule has 3 atom stereocenters. The summed E-state index contributed by atoms with van der Waals surface area (Å²) in [4.78, 5) is 27.9. The molecular formula is C25H28N2O5S. The Hall–Kier alpha value is -2.87. The van der Waals surface area contributed by atoms with E-state index in [4.69, 9.17) is 4.74 Å². The lowest BCUT2D eigenvalue weighted by molar-refractivity contribution is -0.145. The molecule has 1 saturated carbocycles. The molecule has 8 heteroatoms. The lowest BCUT2D eigenvalue weighted by Gasteiger charge is -2.33. The van der Waals surface area contributed by atoms with Crippen LogP contribution in [0.4, 0.5) is 5.69 Å². The van der Waals surface area contributed by atoms with Gasteiger partial charge in [0, 0.05) is 18.2 Å². The Kier molecular flexibility index (Phi) is 5.64. The first-order valence-corrected chi connectivity index (χ1v) is 13.0. The van der Waals surface area contributed by atoms with Crippen molar-refractivity contribution in [3.05, 3.63) is 59.7 Å². The molecule has 3 aliphatic rings. The molecule has 2 aromatic rings. The molecule has 5 rings (SSSR count). The number of esters is 1. The van der Waals surface area contributed by atoms with Gasteiger partial charge in [0.2, 0.25) is 0 Å². The average Bonchev–Trinajstić information content (AvgIpc) is 3.45. The van der Waals surface area contributed by atoms with Crippen LogP contribution in [-0.2, 0) is 26.0 Å². The number of para-hydroxylation sites is 1. The second-order valence-corrected chi connectivity index (χ2v) is 10.9. The molecule has 0 N–H and O–H groups in total. The minimum Gasteiger partial charge on any atom is -0.467 e. The number of carbonyl (C=O) groups is 2. The lowest BCUT2D eigenvalue weighted by Crippen LogP contribution is -2.46. The second-order valence-electron chi connectivity index (χ2n) is 9.08. The van der Waals surface area contributed by atoms with Gasteiger partial charge in [-0.3, -0.25) is 9.10 Å². The number of anilines is 1. The summed E-state index contributed by atoms with van der Waals surface area (Å²) in [6.45, 7) is 0.375. The molecule has 1 saturated heterocycles. The Labute approximate surface area is 194 Å². The highest BCUT2D eigenvalue weighted by Crippen LogP contribution is 2.41. The third-order valence-corrected chi connectivity index (χ3v) is 9.12. The Bertz CT molecular complexity index is 1190. The number of carbonyl (C=O) groups excluding carboxylic acids is 2. The highest BCUT2D eigenvalue weighted by molar-refractivity contribution is 7.92. The minimum atomic E-state index is -3.82. The Morgan fingerprint density at radius 1 is 1.03 bits per heavy atom. The van der Waals surface area contributed by atoms with Gasteiger partial charge in [-0.2, -0.15) is 0 Å². The first kappa shape index (κ1) is 21.9. The van der Waals surface area contributed by atoms with Crippen molar-refractivity contribution in [2.45, 2.75) is 55.5 Å². The largest absolute Gasteiger partial charge is 0.467 e. The van der Waals surface area contributed by atoms with Gasteiger partial charge >= 0.3 is 5.97 Å². The van der Waals surface area contributed by atoms with Crippen molar-refractivity contribution in [2.75, 3.05) is 18.0 Å². The number of amides is 1. The number of ether oxygens (including phenoxy) is 1. The molecule has 1 amide bonds. The van der Waals surface area contributed by atoms with E-state index < -0.39 is 22.0 Å². The molecule has 0 spiro atoms. The van der Waals surface area contributed by atoms with Gasteiger partial charge in [-0.25, -0.2) is 13.2 Å². The number of sulfonamides is 1. The highest BCUT2D eigenvalue weighted by atomic mass is 32.2. The zero-order chi connectivity index (χ0) is 23.2. The maximum Gasteiger partial charge on any atom is 0.328 e. The molecule has 7 nitrogen and oxygen atoms in total. The normalized spacial score (nSPS) is 24.3. The van der Waals surface area contributed by atoms with Crippen molar-refractivity contribution < 1.29 is 22.7 Å². The molecule has 174 valence electrons. The van der Waals surface area contributed by atoms with Gasteiger partial charge in [-0.1, -0.05) is 37.1 Å². The fraction of sp³-hybridized carbons (Fsp3) is 0.440. The van der Waals surface area contributed by atoms with Gasteiger partial charge < -0.3 is 9.64 Å². The quantitative estimate of drug-likeness (QED) is 0.643. The highest BCUT2D eigenvalue weighted by Gasteiger charge is 2.48. The molecule has 33 heavy (non-hydrogen) atoms. The van der Waals surface area contributed by atoms with E-state index in [1.54, 1.807) is 17.0 Å². The van der Waals surface area contributed by atoms with E-state index in [9.17, 15) is 18.0 Å². The molecule has 0 unspecified atom stereocenters. The number of fused-ring (bicyclic) bond motifs is 2. The number of likely N-dealkylation sites (tertiary alicyclic amines) is 1. The SMILES string of the molecule is COC(=O)[C@@H]1C[C@H]2CCCC[C@H]2N1C(=O)c1cccc(S(=O)(=O)N2CCc3ccccc32)c1. The molecular weight excluding hydrogens is 440 g/mol. The Balaban J connectivity index is 1.47. The third kappa shape index (κ3) is 3.70.